The number of aromatic nitrogens is 2. The summed E-state index contributed by atoms with van der Waals surface area (Å²) >= 11 is 1.76. The van der Waals surface area contributed by atoms with Crippen molar-refractivity contribution in [3.05, 3.63) is 10.9 Å². The highest BCUT2D eigenvalue weighted by Gasteiger charge is 2.17. The molecule has 0 amide bonds. The van der Waals surface area contributed by atoms with Gasteiger partial charge in [-0.15, -0.1) is 11.3 Å². The monoisotopic (exact) mass is 304 g/mol. The second-order valence-corrected chi connectivity index (χ2v) is 6.97. The number of thiophene rings is 1. The maximum Gasteiger partial charge on any atom is 0.226 e. The molecule has 5 heteroatoms. The van der Waals surface area contributed by atoms with E-state index < -0.39 is 0 Å². The minimum Gasteiger partial charge on any atom is -0.356 e. The normalized spacial score (nSPS) is 16.8. The van der Waals surface area contributed by atoms with Crippen LogP contribution < -0.4 is 10.2 Å². The lowest BCUT2D eigenvalue weighted by molar-refractivity contribution is 0.554. The quantitative estimate of drug-likeness (QED) is 0.922. The number of aryl methyl sites for hydroxylation is 1. The Morgan fingerprint density at radius 1 is 1.14 bits per heavy atom. The minimum atomic E-state index is 0.768. The number of hydrogen-bond donors (Lipinski definition) is 1. The Bertz CT molecular complexity index is 600. The molecule has 3 rings (SSSR count). The zero-order valence-electron chi connectivity index (χ0n) is 13.0. The maximum atomic E-state index is 4.81. The molecular weight excluding hydrogens is 280 g/mol. The Kier molecular flexibility index (Phi) is 4.58. The van der Waals surface area contributed by atoms with Crippen LogP contribution in [-0.4, -0.2) is 29.6 Å². The smallest absolute Gasteiger partial charge is 0.226 e. The van der Waals surface area contributed by atoms with Crippen LogP contribution in [0.25, 0.3) is 10.2 Å². The Labute approximate surface area is 130 Å². The van der Waals surface area contributed by atoms with Crippen LogP contribution in [0, 0.1) is 6.92 Å². The Hall–Kier alpha value is -1.36. The van der Waals surface area contributed by atoms with Crippen LogP contribution in [0.4, 0.5) is 11.8 Å². The highest BCUT2D eigenvalue weighted by molar-refractivity contribution is 7.18. The molecule has 114 valence electrons. The molecule has 0 saturated carbocycles. The first-order valence-electron chi connectivity index (χ1n) is 8.05. The summed E-state index contributed by atoms with van der Waals surface area (Å²) in [6.07, 6.45) is 6.60. The number of hydrogen-bond acceptors (Lipinski definition) is 5. The van der Waals surface area contributed by atoms with E-state index in [4.69, 9.17) is 4.98 Å². The van der Waals surface area contributed by atoms with Gasteiger partial charge in [0.1, 0.15) is 10.6 Å². The van der Waals surface area contributed by atoms with Crippen molar-refractivity contribution >= 4 is 33.3 Å². The van der Waals surface area contributed by atoms with Gasteiger partial charge in [0.05, 0.1) is 5.39 Å². The molecule has 2 aromatic rings. The lowest BCUT2D eigenvalue weighted by Crippen LogP contribution is -2.28. The van der Waals surface area contributed by atoms with Gasteiger partial charge in [-0.1, -0.05) is 19.3 Å². The van der Waals surface area contributed by atoms with Crippen LogP contribution >= 0.6 is 11.3 Å². The zero-order valence-corrected chi connectivity index (χ0v) is 13.8. The summed E-state index contributed by atoms with van der Waals surface area (Å²) < 4.78 is 0. The molecule has 0 unspecified atom stereocenters. The SMILES string of the molecule is CCNc1nc(N2CCCCCCC2)c2cc(C)sc2n1. The van der Waals surface area contributed by atoms with Gasteiger partial charge < -0.3 is 10.2 Å². The van der Waals surface area contributed by atoms with E-state index in [1.165, 1.54) is 42.4 Å². The Balaban J connectivity index is 2.00. The number of nitrogens with zero attached hydrogens (tertiary/aromatic N) is 3. The minimum absolute atomic E-state index is 0.768. The molecule has 1 N–H and O–H groups in total. The van der Waals surface area contributed by atoms with Crippen LogP contribution in [0.3, 0.4) is 0 Å². The number of nitrogens with one attached hydrogen (secondary N) is 1. The summed E-state index contributed by atoms with van der Waals surface area (Å²) in [7, 11) is 0. The van der Waals surface area contributed by atoms with Crippen molar-refractivity contribution < 1.29 is 0 Å². The van der Waals surface area contributed by atoms with E-state index in [9.17, 15) is 0 Å². The molecule has 3 heterocycles. The molecule has 1 aliphatic rings. The summed E-state index contributed by atoms with van der Waals surface area (Å²) in [6, 6.07) is 2.24. The summed E-state index contributed by atoms with van der Waals surface area (Å²) in [4.78, 5) is 14.3. The third kappa shape index (κ3) is 3.28. The molecule has 1 saturated heterocycles. The van der Waals surface area contributed by atoms with Gasteiger partial charge in [0, 0.05) is 24.5 Å². The number of fused-ring (bicyclic) bond motifs is 1. The van der Waals surface area contributed by atoms with E-state index in [0.29, 0.717) is 0 Å². The molecule has 0 atom stereocenters. The van der Waals surface area contributed by atoms with Crippen LogP contribution in [0.1, 0.15) is 43.9 Å². The molecule has 1 aliphatic heterocycles. The predicted molar refractivity (Wildman–Crippen MR) is 91.6 cm³/mol. The standard InChI is InChI=1S/C16H24N4S/c1-3-17-16-18-14(13-11-12(2)21-15(13)19-16)20-9-7-5-4-6-8-10-20/h11H,3-10H2,1-2H3,(H,17,18,19). The average molecular weight is 304 g/mol. The summed E-state index contributed by atoms with van der Waals surface area (Å²) in [5.74, 6) is 1.89. The second-order valence-electron chi connectivity index (χ2n) is 5.73. The first kappa shape index (κ1) is 14.6. The van der Waals surface area contributed by atoms with Crippen molar-refractivity contribution in [2.24, 2.45) is 0 Å². The van der Waals surface area contributed by atoms with Crippen molar-refractivity contribution in [1.82, 2.24) is 9.97 Å². The molecule has 2 aromatic heterocycles. The molecule has 0 aliphatic carbocycles. The van der Waals surface area contributed by atoms with Gasteiger partial charge >= 0.3 is 0 Å². The summed E-state index contributed by atoms with van der Waals surface area (Å²) in [6.45, 7) is 7.33. The van der Waals surface area contributed by atoms with Gasteiger partial charge in [-0.05, 0) is 32.8 Å². The fourth-order valence-electron chi connectivity index (χ4n) is 2.96. The van der Waals surface area contributed by atoms with Crippen molar-refractivity contribution in [3.8, 4) is 0 Å². The fourth-order valence-corrected chi connectivity index (χ4v) is 3.84. The molecule has 0 radical (unpaired) electrons. The first-order valence-corrected chi connectivity index (χ1v) is 8.86. The molecule has 0 spiro atoms. The zero-order chi connectivity index (χ0) is 14.7. The van der Waals surface area contributed by atoms with E-state index in [0.717, 1.165) is 36.2 Å². The predicted octanol–water partition coefficient (Wildman–Crippen LogP) is 4.20. The van der Waals surface area contributed by atoms with Gasteiger partial charge in [0.2, 0.25) is 5.95 Å². The second kappa shape index (κ2) is 6.60. The van der Waals surface area contributed by atoms with Crippen molar-refractivity contribution in [2.75, 3.05) is 29.9 Å². The third-order valence-corrected chi connectivity index (χ3v) is 4.93. The first-order chi connectivity index (χ1) is 10.3. The number of rotatable bonds is 3. The molecule has 0 bridgehead atoms. The third-order valence-electron chi connectivity index (χ3n) is 3.99. The van der Waals surface area contributed by atoms with Gasteiger partial charge in [-0.25, -0.2) is 4.98 Å². The average Bonchev–Trinajstić information content (AvgIpc) is 2.78. The van der Waals surface area contributed by atoms with Gasteiger partial charge in [0.15, 0.2) is 0 Å². The Morgan fingerprint density at radius 3 is 2.57 bits per heavy atom. The molecule has 1 fully saturated rings. The van der Waals surface area contributed by atoms with Gasteiger partial charge in [-0.3, -0.25) is 0 Å². The van der Waals surface area contributed by atoms with Crippen molar-refractivity contribution in [2.45, 2.75) is 46.0 Å². The van der Waals surface area contributed by atoms with E-state index in [-0.39, 0.29) is 0 Å². The molecular formula is C16H24N4S. The van der Waals surface area contributed by atoms with Gasteiger partial charge in [-0.2, -0.15) is 4.98 Å². The van der Waals surface area contributed by atoms with E-state index in [1.807, 2.05) is 0 Å². The molecule has 0 aromatic carbocycles. The van der Waals surface area contributed by atoms with Crippen LogP contribution in [0.2, 0.25) is 0 Å². The Morgan fingerprint density at radius 2 is 1.86 bits per heavy atom. The van der Waals surface area contributed by atoms with E-state index in [1.54, 1.807) is 11.3 Å². The van der Waals surface area contributed by atoms with Crippen LogP contribution in [0.15, 0.2) is 6.07 Å². The highest BCUT2D eigenvalue weighted by atomic mass is 32.1. The van der Waals surface area contributed by atoms with E-state index >= 15 is 0 Å². The summed E-state index contributed by atoms with van der Waals surface area (Å²) in [5.41, 5.74) is 0. The van der Waals surface area contributed by atoms with Crippen molar-refractivity contribution in [1.29, 1.82) is 0 Å². The van der Waals surface area contributed by atoms with Crippen LogP contribution in [-0.2, 0) is 0 Å². The molecule has 21 heavy (non-hydrogen) atoms. The van der Waals surface area contributed by atoms with Gasteiger partial charge in [0.25, 0.3) is 0 Å². The summed E-state index contributed by atoms with van der Waals surface area (Å²) in [5, 5.41) is 4.50. The molecule has 4 nitrogen and oxygen atoms in total. The highest BCUT2D eigenvalue weighted by Crippen LogP contribution is 2.32. The lowest BCUT2D eigenvalue weighted by Gasteiger charge is -2.26. The maximum absolute atomic E-state index is 4.81. The van der Waals surface area contributed by atoms with E-state index in [2.05, 4.69) is 35.1 Å². The van der Waals surface area contributed by atoms with Crippen LogP contribution in [0.5, 0.6) is 0 Å². The fraction of sp³-hybridized carbons (Fsp3) is 0.625. The topological polar surface area (TPSA) is 41.1 Å². The number of anilines is 2. The lowest BCUT2D eigenvalue weighted by atomic mass is 10.1. The van der Waals surface area contributed by atoms with Crippen molar-refractivity contribution in [3.63, 3.8) is 0 Å². The largest absolute Gasteiger partial charge is 0.356 e.